The lowest BCUT2D eigenvalue weighted by Crippen LogP contribution is -2.46. The maximum Gasteiger partial charge on any atom is 0.0195 e. The van der Waals surface area contributed by atoms with E-state index in [1.54, 1.807) is 0 Å². The van der Waals surface area contributed by atoms with Gasteiger partial charge in [0.05, 0.1) is 0 Å². The summed E-state index contributed by atoms with van der Waals surface area (Å²) >= 11 is 0. The van der Waals surface area contributed by atoms with Gasteiger partial charge in [-0.15, -0.1) is 0 Å². The van der Waals surface area contributed by atoms with Crippen molar-refractivity contribution in [3.63, 3.8) is 0 Å². The summed E-state index contributed by atoms with van der Waals surface area (Å²) in [7, 11) is 0. The second-order valence-electron chi connectivity index (χ2n) is 5.71. The molecule has 1 aliphatic rings. The number of hydrogen-bond acceptors (Lipinski definition) is 2. The van der Waals surface area contributed by atoms with E-state index >= 15 is 0 Å². The second-order valence-corrected chi connectivity index (χ2v) is 5.71. The molecule has 0 spiro atoms. The second kappa shape index (κ2) is 7.29. The van der Waals surface area contributed by atoms with Crippen LogP contribution in [0.5, 0.6) is 0 Å². The van der Waals surface area contributed by atoms with Gasteiger partial charge in [-0.25, -0.2) is 0 Å². The number of rotatable bonds is 6. The van der Waals surface area contributed by atoms with E-state index in [0.717, 1.165) is 18.0 Å². The normalized spacial score (nSPS) is 24.0. The van der Waals surface area contributed by atoms with E-state index in [1.165, 1.54) is 45.3 Å². The Bertz CT molecular complexity index is 174. The average Bonchev–Trinajstić information content (AvgIpc) is 2.26. The Balaban J connectivity index is 2.34. The summed E-state index contributed by atoms with van der Waals surface area (Å²) in [5.74, 6) is 0.809. The summed E-state index contributed by atoms with van der Waals surface area (Å²) in [6, 6.07) is 1.47. The van der Waals surface area contributed by atoms with Crippen molar-refractivity contribution in [2.24, 2.45) is 5.92 Å². The van der Waals surface area contributed by atoms with Crippen molar-refractivity contribution in [3.05, 3.63) is 0 Å². The van der Waals surface area contributed by atoms with Gasteiger partial charge < -0.3 is 5.32 Å². The Morgan fingerprint density at radius 1 is 1.25 bits per heavy atom. The monoisotopic (exact) mass is 226 g/mol. The molecule has 2 unspecified atom stereocenters. The van der Waals surface area contributed by atoms with Gasteiger partial charge in [-0.05, 0) is 45.2 Å². The molecule has 1 aliphatic heterocycles. The molecule has 0 aromatic heterocycles. The molecule has 0 bridgehead atoms. The molecule has 96 valence electrons. The van der Waals surface area contributed by atoms with E-state index in [9.17, 15) is 0 Å². The summed E-state index contributed by atoms with van der Waals surface area (Å²) in [5, 5.41) is 3.65. The van der Waals surface area contributed by atoms with Crippen LogP contribution in [0.2, 0.25) is 0 Å². The highest BCUT2D eigenvalue weighted by atomic mass is 15.2. The lowest BCUT2D eigenvalue weighted by Gasteiger charge is -2.34. The molecule has 0 aliphatic carbocycles. The molecule has 16 heavy (non-hydrogen) atoms. The van der Waals surface area contributed by atoms with E-state index < -0.39 is 0 Å². The average molecular weight is 226 g/mol. The summed E-state index contributed by atoms with van der Waals surface area (Å²) in [6.07, 6.45) is 5.46. The van der Waals surface area contributed by atoms with Crippen molar-refractivity contribution < 1.29 is 0 Å². The van der Waals surface area contributed by atoms with Crippen LogP contribution in [-0.4, -0.2) is 36.6 Å². The fourth-order valence-electron chi connectivity index (χ4n) is 2.81. The van der Waals surface area contributed by atoms with Gasteiger partial charge in [0.1, 0.15) is 0 Å². The predicted octanol–water partition coefficient (Wildman–Crippen LogP) is 2.89. The van der Waals surface area contributed by atoms with E-state index in [1.807, 2.05) is 0 Å². The first-order valence-electron chi connectivity index (χ1n) is 7.11. The molecular weight excluding hydrogens is 196 g/mol. The van der Waals surface area contributed by atoms with Crippen molar-refractivity contribution in [1.82, 2.24) is 10.2 Å². The SMILES string of the molecule is CCN(CC1CCCCN1)C(C)CC(C)C. The van der Waals surface area contributed by atoms with Crippen LogP contribution in [0.3, 0.4) is 0 Å². The third-order valence-electron chi connectivity index (χ3n) is 3.71. The van der Waals surface area contributed by atoms with Gasteiger partial charge in [0.15, 0.2) is 0 Å². The Kier molecular flexibility index (Phi) is 6.37. The molecule has 1 rings (SSSR count). The minimum absolute atomic E-state index is 0.730. The van der Waals surface area contributed by atoms with Gasteiger partial charge in [-0.3, -0.25) is 4.90 Å². The number of piperidine rings is 1. The van der Waals surface area contributed by atoms with Crippen LogP contribution in [0.1, 0.15) is 53.4 Å². The van der Waals surface area contributed by atoms with Gasteiger partial charge in [-0.1, -0.05) is 27.2 Å². The standard InChI is InChI=1S/C14H30N2/c1-5-16(13(4)10-12(2)3)11-14-8-6-7-9-15-14/h12-15H,5-11H2,1-4H3. The molecule has 1 heterocycles. The molecule has 2 nitrogen and oxygen atoms in total. The molecule has 2 atom stereocenters. The van der Waals surface area contributed by atoms with Gasteiger partial charge >= 0.3 is 0 Å². The lowest BCUT2D eigenvalue weighted by molar-refractivity contribution is 0.166. The van der Waals surface area contributed by atoms with Gasteiger partial charge in [0, 0.05) is 18.6 Å². The van der Waals surface area contributed by atoms with Gasteiger partial charge in [0.2, 0.25) is 0 Å². The van der Waals surface area contributed by atoms with E-state index in [-0.39, 0.29) is 0 Å². The van der Waals surface area contributed by atoms with Crippen molar-refractivity contribution in [2.75, 3.05) is 19.6 Å². The number of likely N-dealkylation sites (N-methyl/N-ethyl adjacent to an activating group) is 1. The number of hydrogen-bond donors (Lipinski definition) is 1. The fraction of sp³-hybridized carbons (Fsp3) is 1.00. The maximum absolute atomic E-state index is 3.65. The highest BCUT2D eigenvalue weighted by molar-refractivity contribution is 4.78. The molecule has 0 saturated carbocycles. The van der Waals surface area contributed by atoms with E-state index in [2.05, 4.69) is 37.9 Å². The third-order valence-corrected chi connectivity index (χ3v) is 3.71. The van der Waals surface area contributed by atoms with Crippen LogP contribution < -0.4 is 5.32 Å². The molecule has 1 saturated heterocycles. The third kappa shape index (κ3) is 4.84. The largest absolute Gasteiger partial charge is 0.313 e. The van der Waals surface area contributed by atoms with Crippen molar-refractivity contribution >= 4 is 0 Å². The number of nitrogens with one attached hydrogen (secondary N) is 1. The van der Waals surface area contributed by atoms with Crippen molar-refractivity contribution in [1.29, 1.82) is 0 Å². The van der Waals surface area contributed by atoms with Crippen LogP contribution >= 0.6 is 0 Å². The molecule has 0 aromatic carbocycles. The zero-order valence-electron chi connectivity index (χ0n) is 11.6. The van der Waals surface area contributed by atoms with Gasteiger partial charge in [-0.2, -0.15) is 0 Å². The van der Waals surface area contributed by atoms with E-state index in [4.69, 9.17) is 0 Å². The van der Waals surface area contributed by atoms with Crippen LogP contribution in [0, 0.1) is 5.92 Å². The van der Waals surface area contributed by atoms with Crippen LogP contribution in [0.4, 0.5) is 0 Å². The molecule has 1 N–H and O–H groups in total. The molecule has 2 heteroatoms. The van der Waals surface area contributed by atoms with Crippen LogP contribution in [-0.2, 0) is 0 Å². The smallest absolute Gasteiger partial charge is 0.0195 e. The maximum atomic E-state index is 3.65. The molecule has 1 fully saturated rings. The van der Waals surface area contributed by atoms with Gasteiger partial charge in [0.25, 0.3) is 0 Å². The molecule has 0 radical (unpaired) electrons. The quantitative estimate of drug-likeness (QED) is 0.749. The Morgan fingerprint density at radius 3 is 2.50 bits per heavy atom. The Hall–Kier alpha value is -0.0800. The Labute approximate surface area is 102 Å². The minimum atomic E-state index is 0.730. The zero-order chi connectivity index (χ0) is 12.0. The first kappa shape index (κ1) is 14.0. The first-order chi connectivity index (χ1) is 7.63. The van der Waals surface area contributed by atoms with E-state index in [0.29, 0.717) is 0 Å². The highest BCUT2D eigenvalue weighted by Crippen LogP contribution is 2.14. The van der Waals surface area contributed by atoms with Crippen molar-refractivity contribution in [2.45, 2.75) is 65.5 Å². The first-order valence-corrected chi connectivity index (χ1v) is 7.11. The highest BCUT2D eigenvalue weighted by Gasteiger charge is 2.19. The predicted molar refractivity (Wildman–Crippen MR) is 71.8 cm³/mol. The Morgan fingerprint density at radius 2 is 2.00 bits per heavy atom. The molecule has 0 aromatic rings. The number of nitrogens with zero attached hydrogens (tertiary/aromatic N) is 1. The summed E-state index contributed by atoms with van der Waals surface area (Å²) in [5.41, 5.74) is 0. The molecular formula is C14H30N2. The zero-order valence-corrected chi connectivity index (χ0v) is 11.6. The summed E-state index contributed by atoms with van der Waals surface area (Å²) in [6.45, 7) is 13.0. The summed E-state index contributed by atoms with van der Waals surface area (Å²) in [4.78, 5) is 2.64. The minimum Gasteiger partial charge on any atom is -0.313 e. The fourth-order valence-corrected chi connectivity index (χ4v) is 2.81. The van der Waals surface area contributed by atoms with Crippen LogP contribution in [0.25, 0.3) is 0 Å². The molecule has 0 amide bonds. The van der Waals surface area contributed by atoms with Crippen LogP contribution in [0.15, 0.2) is 0 Å². The van der Waals surface area contributed by atoms with Crippen molar-refractivity contribution in [3.8, 4) is 0 Å². The lowest BCUT2D eigenvalue weighted by atomic mass is 10.0. The summed E-state index contributed by atoms with van der Waals surface area (Å²) < 4.78 is 0. The topological polar surface area (TPSA) is 15.3 Å².